The predicted octanol–water partition coefficient (Wildman–Crippen LogP) is 1.64. The van der Waals surface area contributed by atoms with Gasteiger partial charge in [0.25, 0.3) is 11.5 Å². The van der Waals surface area contributed by atoms with E-state index >= 15 is 0 Å². The Morgan fingerprint density at radius 2 is 2.09 bits per heavy atom. The van der Waals surface area contributed by atoms with Crippen molar-refractivity contribution in [2.45, 2.75) is 6.92 Å². The summed E-state index contributed by atoms with van der Waals surface area (Å²) >= 11 is 5.75. The second-order valence-corrected chi connectivity index (χ2v) is 5.21. The van der Waals surface area contributed by atoms with E-state index in [2.05, 4.69) is 15.3 Å². The van der Waals surface area contributed by atoms with Gasteiger partial charge in [-0.2, -0.15) is 4.52 Å². The molecule has 3 rings (SSSR count). The highest BCUT2D eigenvalue weighted by Gasteiger charge is 2.16. The molecule has 8 heteroatoms. The molecule has 0 atom stereocenters. The summed E-state index contributed by atoms with van der Waals surface area (Å²) in [6.45, 7) is 1.73. The van der Waals surface area contributed by atoms with Gasteiger partial charge in [0.05, 0.1) is 5.02 Å². The lowest BCUT2D eigenvalue weighted by molar-refractivity contribution is 0.101. The molecule has 0 aliphatic rings. The number of aryl methyl sites for hydroxylation is 2. The highest BCUT2D eigenvalue weighted by Crippen LogP contribution is 2.12. The van der Waals surface area contributed by atoms with Gasteiger partial charge in [-0.1, -0.05) is 11.6 Å². The van der Waals surface area contributed by atoms with E-state index in [4.69, 9.17) is 11.6 Å². The monoisotopic (exact) mass is 317 g/mol. The van der Waals surface area contributed by atoms with Crippen molar-refractivity contribution in [2.24, 2.45) is 7.05 Å². The van der Waals surface area contributed by atoms with Crippen molar-refractivity contribution in [3.05, 3.63) is 57.2 Å². The third-order valence-corrected chi connectivity index (χ3v) is 3.39. The molecule has 0 fully saturated rings. The molecule has 112 valence electrons. The molecule has 0 aliphatic carbocycles. The van der Waals surface area contributed by atoms with Crippen LogP contribution >= 0.6 is 11.6 Å². The number of nitrogens with one attached hydrogen (secondary N) is 1. The van der Waals surface area contributed by atoms with Crippen molar-refractivity contribution in [3.63, 3.8) is 0 Å². The summed E-state index contributed by atoms with van der Waals surface area (Å²) in [5.74, 6) is -0.0176. The van der Waals surface area contributed by atoms with Crippen LogP contribution in [0.4, 0.5) is 5.82 Å². The molecule has 0 aliphatic heterocycles. The Balaban J connectivity index is 2.01. The van der Waals surface area contributed by atoms with E-state index in [1.54, 1.807) is 32.2 Å². The van der Waals surface area contributed by atoms with Crippen LogP contribution in [0.25, 0.3) is 5.65 Å². The molecule has 3 aromatic heterocycles. The van der Waals surface area contributed by atoms with E-state index in [1.165, 1.54) is 21.5 Å². The Morgan fingerprint density at radius 3 is 2.77 bits per heavy atom. The Labute approximate surface area is 130 Å². The maximum Gasteiger partial charge on any atom is 0.275 e. The van der Waals surface area contributed by atoms with Crippen LogP contribution in [-0.4, -0.2) is 25.1 Å². The summed E-state index contributed by atoms with van der Waals surface area (Å²) in [6.07, 6.45) is 1.44. The van der Waals surface area contributed by atoms with Crippen LogP contribution in [-0.2, 0) is 7.05 Å². The van der Waals surface area contributed by atoms with Crippen LogP contribution in [0.3, 0.4) is 0 Å². The second-order valence-electron chi connectivity index (χ2n) is 4.77. The molecule has 3 aromatic rings. The van der Waals surface area contributed by atoms with Gasteiger partial charge in [-0.05, 0) is 19.1 Å². The number of carbonyl (C=O) groups excluding carboxylic acids is 1. The molecule has 7 nitrogen and oxygen atoms in total. The number of anilines is 1. The fraction of sp³-hybridized carbons (Fsp3) is 0.143. The first-order valence-corrected chi connectivity index (χ1v) is 6.83. The topological polar surface area (TPSA) is 81.3 Å². The third-order valence-electron chi connectivity index (χ3n) is 3.17. The summed E-state index contributed by atoms with van der Waals surface area (Å²) in [7, 11) is 1.62. The molecule has 0 bridgehead atoms. The lowest BCUT2D eigenvalue weighted by Crippen LogP contribution is -2.23. The second kappa shape index (κ2) is 5.27. The van der Waals surface area contributed by atoms with E-state index in [9.17, 15) is 9.59 Å². The van der Waals surface area contributed by atoms with Gasteiger partial charge in [0, 0.05) is 31.1 Å². The fourth-order valence-corrected chi connectivity index (χ4v) is 2.29. The van der Waals surface area contributed by atoms with Crippen molar-refractivity contribution in [1.82, 2.24) is 19.2 Å². The van der Waals surface area contributed by atoms with E-state index in [0.717, 1.165) is 0 Å². The molecule has 0 saturated heterocycles. The van der Waals surface area contributed by atoms with Gasteiger partial charge in [-0.25, -0.2) is 9.97 Å². The molecule has 0 aromatic carbocycles. The maximum absolute atomic E-state index is 12.3. The minimum Gasteiger partial charge on any atom is -0.305 e. The Morgan fingerprint density at radius 1 is 1.32 bits per heavy atom. The minimum atomic E-state index is -0.389. The van der Waals surface area contributed by atoms with Gasteiger partial charge in [0.2, 0.25) is 0 Å². The summed E-state index contributed by atoms with van der Waals surface area (Å²) in [4.78, 5) is 32.6. The number of halogens is 1. The summed E-state index contributed by atoms with van der Waals surface area (Å²) in [5.41, 5.74) is 1.07. The van der Waals surface area contributed by atoms with Gasteiger partial charge in [0.15, 0.2) is 5.65 Å². The molecule has 0 spiro atoms. The van der Waals surface area contributed by atoms with Crippen LogP contribution in [0, 0.1) is 6.92 Å². The number of pyridine rings is 1. The number of nitrogens with zero attached hydrogens (tertiary/aromatic N) is 4. The van der Waals surface area contributed by atoms with Crippen LogP contribution < -0.4 is 10.9 Å². The van der Waals surface area contributed by atoms with Gasteiger partial charge in [0.1, 0.15) is 11.5 Å². The summed E-state index contributed by atoms with van der Waals surface area (Å²) in [5, 5.41) is 3.13. The third kappa shape index (κ3) is 2.46. The van der Waals surface area contributed by atoms with E-state index in [1.807, 2.05) is 0 Å². The fourth-order valence-electron chi connectivity index (χ4n) is 2.17. The van der Waals surface area contributed by atoms with Crippen LogP contribution in [0.2, 0.25) is 5.02 Å². The molecular weight excluding hydrogens is 306 g/mol. The molecule has 0 saturated carbocycles. The zero-order chi connectivity index (χ0) is 15.9. The average molecular weight is 318 g/mol. The van der Waals surface area contributed by atoms with Crippen molar-refractivity contribution < 1.29 is 4.79 Å². The Bertz CT molecular complexity index is 927. The molecule has 3 heterocycles. The van der Waals surface area contributed by atoms with Crippen molar-refractivity contribution in [1.29, 1.82) is 0 Å². The lowest BCUT2D eigenvalue weighted by Gasteiger charge is -2.05. The van der Waals surface area contributed by atoms with Gasteiger partial charge in [-0.3, -0.25) is 14.3 Å². The lowest BCUT2D eigenvalue weighted by atomic mass is 10.3. The van der Waals surface area contributed by atoms with Gasteiger partial charge >= 0.3 is 0 Å². The van der Waals surface area contributed by atoms with Crippen molar-refractivity contribution in [2.75, 3.05) is 5.32 Å². The quantitative estimate of drug-likeness (QED) is 0.779. The normalized spacial score (nSPS) is 10.9. The number of rotatable bonds is 2. The van der Waals surface area contributed by atoms with Crippen LogP contribution in [0.15, 0.2) is 35.3 Å². The molecule has 1 amide bonds. The zero-order valence-electron chi connectivity index (χ0n) is 11.9. The maximum atomic E-state index is 12.3. The summed E-state index contributed by atoms with van der Waals surface area (Å²) < 4.78 is 2.78. The predicted molar refractivity (Wildman–Crippen MR) is 82.4 cm³/mol. The smallest absolute Gasteiger partial charge is 0.275 e. The highest BCUT2D eigenvalue weighted by atomic mass is 35.5. The van der Waals surface area contributed by atoms with Crippen molar-refractivity contribution >= 4 is 29.0 Å². The number of aromatic nitrogens is 4. The van der Waals surface area contributed by atoms with Crippen molar-refractivity contribution in [3.8, 4) is 0 Å². The number of hydrogen-bond donors (Lipinski definition) is 1. The highest BCUT2D eigenvalue weighted by molar-refractivity contribution is 6.30. The molecule has 1 N–H and O–H groups in total. The Kier molecular flexibility index (Phi) is 3.42. The van der Waals surface area contributed by atoms with E-state index in [-0.39, 0.29) is 11.5 Å². The largest absolute Gasteiger partial charge is 0.305 e. The number of carbonyl (C=O) groups is 1. The molecular formula is C14H12ClN5O2. The van der Waals surface area contributed by atoms with Gasteiger partial charge < -0.3 is 5.32 Å². The van der Waals surface area contributed by atoms with Crippen LogP contribution in [0.5, 0.6) is 0 Å². The number of hydrogen-bond acceptors (Lipinski definition) is 4. The first kappa shape index (κ1) is 14.3. The van der Waals surface area contributed by atoms with Gasteiger partial charge in [-0.15, -0.1) is 0 Å². The summed E-state index contributed by atoms with van der Waals surface area (Å²) in [6, 6.07) is 6.19. The molecule has 0 radical (unpaired) electrons. The molecule has 0 unspecified atom stereocenters. The standard InChI is InChI=1S/C14H12ClN5O2/c1-8-5-13(21)20-12(17-8)6-10(19(20)2)14(22)18-11-4-3-9(15)7-16-11/h3-7H,1-2H3,(H,16,18,22). The molecule has 22 heavy (non-hydrogen) atoms. The SMILES string of the molecule is Cc1cc(=O)n2c(cc(C(=O)Nc3ccc(Cl)cn3)n2C)n1. The van der Waals surface area contributed by atoms with E-state index in [0.29, 0.717) is 27.9 Å². The number of fused-ring (bicyclic) bond motifs is 1. The zero-order valence-corrected chi connectivity index (χ0v) is 12.6. The van der Waals surface area contributed by atoms with E-state index < -0.39 is 0 Å². The number of amides is 1. The first-order valence-electron chi connectivity index (χ1n) is 6.45. The minimum absolute atomic E-state index is 0.242. The Hall–Kier alpha value is -2.67. The van der Waals surface area contributed by atoms with Crippen LogP contribution in [0.1, 0.15) is 16.2 Å². The average Bonchev–Trinajstić information content (AvgIpc) is 2.78. The first-order chi connectivity index (χ1) is 10.5.